The van der Waals surface area contributed by atoms with Crippen molar-refractivity contribution in [2.24, 2.45) is 11.7 Å². The number of carbonyl (C=O) groups is 2. The normalized spacial score (nSPS) is 11.9. The van der Waals surface area contributed by atoms with Crippen LogP contribution in [0.1, 0.15) is 30.1 Å². The average molecular weight is 285 g/mol. The van der Waals surface area contributed by atoms with E-state index in [0.717, 1.165) is 6.42 Å². The molecule has 0 bridgehead atoms. The van der Waals surface area contributed by atoms with E-state index >= 15 is 0 Å². The number of halogens is 1. The summed E-state index contributed by atoms with van der Waals surface area (Å²) in [6, 6.07) is 4.31. The molecule has 0 saturated carbocycles. The zero-order valence-corrected chi connectivity index (χ0v) is 11.4. The Balaban J connectivity index is 2.92. The summed E-state index contributed by atoms with van der Waals surface area (Å²) in [5.74, 6) is -1.73. The lowest BCUT2D eigenvalue weighted by Gasteiger charge is -2.15. The van der Waals surface area contributed by atoms with Crippen molar-refractivity contribution in [1.82, 2.24) is 0 Å². The molecule has 1 amide bonds. The molecule has 5 nitrogen and oxygen atoms in total. The third-order valence-corrected chi connectivity index (χ3v) is 3.00. The zero-order chi connectivity index (χ0) is 14.4. The molecule has 1 atom stereocenters. The number of nitrogens with two attached hydrogens (primary N) is 1. The average Bonchev–Trinajstić information content (AvgIpc) is 2.37. The van der Waals surface area contributed by atoms with Gasteiger partial charge in [-0.3, -0.25) is 4.79 Å². The highest BCUT2D eigenvalue weighted by Gasteiger charge is 2.19. The number of rotatable bonds is 6. The Morgan fingerprint density at radius 3 is 2.68 bits per heavy atom. The lowest BCUT2D eigenvalue weighted by molar-refractivity contribution is -0.119. The molecule has 1 unspecified atom stereocenters. The molecular weight excluding hydrogens is 268 g/mol. The van der Waals surface area contributed by atoms with Crippen molar-refractivity contribution in [3.8, 4) is 0 Å². The maximum Gasteiger partial charge on any atom is 0.337 e. The van der Waals surface area contributed by atoms with Gasteiger partial charge in [-0.05, 0) is 24.6 Å². The van der Waals surface area contributed by atoms with E-state index in [1.807, 2.05) is 6.92 Å². The lowest BCUT2D eigenvalue weighted by Crippen LogP contribution is -2.29. The summed E-state index contributed by atoms with van der Waals surface area (Å²) in [4.78, 5) is 23.1. The monoisotopic (exact) mass is 284 g/mol. The number of nitrogens with one attached hydrogen (secondary N) is 1. The predicted molar refractivity (Wildman–Crippen MR) is 74.5 cm³/mol. The van der Waals surface area contributed by atoms with E-state index < -0.39 is 5.97 Å². The van der Waals surface area contributed by atoms with Gasteiger partial charge < -0.3 is 16.2 Å². The van der Waals surface area contributed by atoms with Gasteiger partial charge in [-0.1, -0.05) is 24.9 Å². The van der Waals surface area contributed by atoms with Gasteiger partial charge in [0.2, 0.25) is 5.91 Å². The topological polar surface area (TPSA) is 92.4 Å². The fourth-order valence-corrected chi connectivity index (χ4v) is 1.91. The SMILES string of the molecule is CCCC(CN)C(=O)Nc1ccc(Cl)cc1C(=O)O. The molecule has 0 fully saturated rings. The highest BCUT2D eigenvalue weighted by molar-refractivity contribution is 6.31. The molecule has 0 aliphatic heterocycles. The summed E-state index contributed by atoms with van der Waals surface area (Å²) >= 11 is 5.74. The number of anilines is 1. The van der Waals surface area contributed by atoms with Gasteiger partial charge in [0.1, 0.15) is 0 Å². The van der Waals surface area contributed by atoms with Crippen LogP contribution in [0.5, 0.6) is 0 Å². The van der Waals surface area contributed by atoms with E-state index in [4.69, 9.17) is 22.4 Å². The number of hydrogen-bond acceptors (Lipinski definition) is 3. The van der Waals surface area contributed by atoms with Crippen molar-refractivity contribution >= 4 is 29.2 Å². The van der Waals surface area contributed by atoms with Gasteiger partial charge in [-0.25, -0.2) is 4.79 Å². The molecule has 104 valence electrons. The summed E-state index contributed by atoms with van der Waals surface area (Å²) in [6.07, 6.45) is 1.50. The number of carboxylic acids is 1. The van der Waals surface area contributed by atoms with Crippen LogP contribution in [0.4, 0.5) is 5.69 Å². The number of carbonyl (C=O) groups excluding carboxylic acids is 1. The van der Waals surface area contributed by atoms with Crippen molar-refractivity contribution < 1.29 is 14.7 Å². The lowest BCUT2D eigenvalue weighted by atomic mass is 10.0. The number of hydrogen-bond donors (Lipinski definition) is 3. The number of amides is 1. The van der Waals surface area contributed by atoms with Crippen molar-refractivity contribution in [2.75, 3.05) is 11.9 Å². The Labute approximate surface area is 116 Å². The van der Waals surface area contributed by atoms with Gasteiger partial charge in [0, 0.05) is 11.6 Å². The molecule has 0 aliphatic carbocycles. The minimum absolute atomic E-state index is 0.0341. The number of aromatic carboxylic acids is 1. The fourth-order valence-electron chi connectivity index (χ4n) is 1.74. The fraction of sp³-hybridized carbons (Fsp3) is 0.385. The Morgan fingerprint density at radius 2 is 2.16 bits per heavy atom. The minimum Gasteiger partial charge on any atom is -0.478 e. The number of benzene rings is 1. The predicted octanol–water partition coefficient (Wildman–Crippen LogP) is 2.35. The Kier molecular flexibility index (Phi) is 5.79. The highest BCUT2D eigenvalue weighted by Crippen LogP contribution is 2.21. The molecule has 1 rings (SSSR count). The summed E-state index contributed by atoms with van der Waals surface area (Å²) in [5, 5.41) is 12.0. The van der Waals surface area contributed by atoms with Crippen LogP contribution in [-0.2, 0) is 4.79 Å². The molecule has 0 radical (unpaired) electrons. The molecular formula is C13H17ClN2O3. The molecule has 4 N–H and O–H groups in total. The Bertz CT molecular complexity index is 477. The van der Waals surface area contributed by atoms with Crippen LogP contribution < -0.4 is 11.1 Å². The quantitative estimate of drug-likeness (QED) is 0.747. The summed E-state index contributed by atoms with van der Waals surface area (Å²) in [5.41, 5.74) is 5.74. The van der Waals surface area contributed by atoms with Crippen molar-refractivity contribution in [2.45, 2.75) is 19.8 Å². The van der Waals surface area contributed by atoms with Gasteiger partial charge in [-0.2, -0.15) is 0 Å². The zero-order valence-electron chi connectivity index (χ0n) is 10.6. The van der Waals surface area contributed by atoms with E-state index in [1.54, 1.807) is 0 Å². The second kappa shape index (κ2) is 7.11. The largest absolute Gasteiger partial charge is 0.478 e. The van der Waals surface area contributed by atoms with Crippen LogP contribution in [0.3, 0.4) is 0 Å². The first-order valence-electron chi connectivity index (χ1n) is 6.03. The Morgan fingerprint density at radius 1 is 1.47 bits per heavy atom. The second-order valence-corrected chi connectivity index (χ2v) is 4.64. The second-order valence-electron chi connectivity index (χ2n) is 4.21. The Hall–Kier alpha value is -1.59. The van der Waals surface area contributed by atoms with Gasteiger partial charge in [-0.15, -0.1) is 0 Å². The van der Waals surface area contributed by atoms with E-state index in [1.165, 1.54) is 18.2 Å². The molecule has 1 aromatic rings. The molecule has 0 saturated heterocycles. The summed E-state index contributed by atoms with van der Waals surface area (Å²) in [6.45, 7) is 2.19. The third-order valence-electron chi connectivity index (χ3n) is 2.76. The van der Waals surface area contributed by atoms with Gasteiger partial charge >= 0.3 is 5.97 Å². The first-order valence-corrected chi connectivity index (χ1v) is 6.41. The highest BCUT2D eigenvalue weighted by atomic mass is 35.5. The van der Waals surface area contributed by atoms with E-state index in [-0.39, 0.29) is 29.6 Å². The van der Waals surface area contributed by atoms with E-state index in [0.29, 0.717) is 11.4 Å². The van der Waals surface area contributed by atoms with E-state index in [9.17, 15) is 9.59 Å². The van der Waals surface area contributed by atoms with Crippen LogP contribution in [0, 0.1) is 5.92 Å². The van der Waals surface area contributed by atoms with Crippen LogP contribution in [0.25, 0.3) is 0 Å². The molecule has 0 spiro atoms. The maximum atomic E-state index is 12.0. The molecule has 0 aliphatic rings. The standard InChI is InChI=1S/C13H17ClN2O3/c1-2-3-8(7-15)12(17)16-11-5-4-9(14)6-10(11)13(18)19/h4-6,8H,2-3,7,15H2,1H3,(H,16,17)(H,18,19). The first kappa shape index (κ1) is 15.5. The van der Waals surface area contributed by atoms with Crippen LogP contribution in [0.15, 0.2) is 18.2 Å². The first-order chi connectivity index (χ1) is 8.99. The number of carboxylic acid groups (broad SMARTS) is 1. The smallest absolute Gasteiger partial charge is 0.337 e. The van der Waals surface area contributed by atoms with Gasteiger partial charge in [0.05, 0.1) is 17.2 Å². The van der Waals surface area contributed by atoms with E-state index in [2.05, 4.69) is 5.32 Å². The van der Waals surface area contributed by atoms with Crippen LogP contribution in [-0.4, -0.2) is 23.5 Å². The molecule has 19 heavy (non-hydrogen) atoms. The van der Waals surface area contributed by atoms with Crippen molar-refractivity contribution in [3.05, 3.63) is 28.8 Å². The molecule has 0 aromatic heterocycles. The minimum atomic E-state index is -1.14. The summed E-state index contributed by atoms with van der Waals surface area (Å²) < 4.78 is 0. The molecule has 6 heteroatoms. The van der Waals surface area contributed by atoms with Crippen molar-refractivity contribution in [1.29, 1.82) is 0 Å². The van der Waals surface area contributed by atoms with Crippen LogP contribution in [0.2, 0.25) is 5.02 Å². The van der Waals surface area contributed by atoms with Crippen molar-refractivity contribution in [3.63, 3.8) is 0 Å². The third kappa shape index (κ3) is 4.22. The van der Waals surface area contributed by atoms with Crippen LogP contribution >= 0.6 is 11.6 Å². The maximum absolute atomic E-state index is 12.0. The van der Waals surface area contributed by atoms with Gasteiger partial charge in [0.25, 0.3) is 0 Å². The molecule has 1 aromatic carbocycles. The molecule has 0 heterocycles. The summed E-state index contributed by atoms with van der Waals surface area (Å²) in [7, 11) is 0. The van der Waals surface area contributed by atoms with Gasteiger partial charge in [0.15, 0.2) is 0 Å².